The summed E-state index contributed by atoms with van der Waals surface area (Å²) < 4.78 is 22.8. The second kappa shape index (κ2) is 33.7. The fraction of sp³-hybridized carbons (Fsp3) is 0.930. The van der Waals surface area contributed by atoms with Crippen LogP contribution in [-0.2, 0) is 18.4 Å². The van der Waals surface area contributed by atoms with Crippen molar-refractivity contribution >= 4 is 13.7 Å². The summed E-state index contributed by atoms with van der Waals surface area (Å²) in [5.74, 6) is -0.595. The number of nitrogens with one attached hydrogen (secondary N) is 1. The molecule has 0 saturated heterocycles. The van der Waals surface area contributed by atoms with Crippen molar-refractivity contribution in [2.45, 2.75) is 249 Å². The molecule has 1 aliphatic carbocycles. The van der Waals surface area contributed by atoms with Crippen LogP contribution in [0.4, 0.5) is 0 Å². The SMILES string of the molecule is CCCCCC/C=C\CC(O)CC(=O)NC(COP(=O)(O)OC1C(O)C(O)C(O)C(O)C1O)C(O)CCCCCCCCCCCCCCCCCCCCCC. The Hall–Kier alpha value is -0.960. The average Bonchev–Trinajstić information content (AvgIpc) is 3.18. The number of carbonyl (C=O) groups excluding carboxylic acids is 1. The maximum Gasteiger partial charge on any atom is 0.472 e. The van der Waals surface area contributed by atoms with Gasteiger partial charge < -0.3 is 46.0 Å². The molecule has 0 radical (unpaired) electrons. The molecule has 13 nitrogen and oxygen atoms in total. The average molecular weight is 838 g/mol. The molecule has 0 aromatic heterocycles. The maximum absolute atomic E-state index is 12.9. The number of rotatable bonds is 37. The Kier molecular flexibility index (Phi) is 32.0. The lowest BCUT2D eigenvalue weighted by atomic mass is 9.85. The van der Waals surface area contributed by atoms with Crippen LogP contribution in [0, 0.1) is 0 Å². The molecule has 1 amide bonds. The minimum absolute atomic E-state index is 0.266. The van der Waals surface area contributed by atoms with Gasteiger partial charge in [0.25, 0.3) is 0 Å². The van der Waals surface area contributed by atoms with Gasteiger partial charge in [0.05, 0.1) is 31.3 Å². The van der Waals surface area contributed by atoms with Gasteiger partial charge >= 0.3 is 7.82 Å². The van der Waals surface area contributed by atoms with E-state index in [4.69, 9.17) is 9.05 Å². The number of phosphoric ester groups is 1. The van der Waals surface area contributed by atoms with E-state index in [0.29, 0.717) is 6.42 Å². The first-order chi connectivity index (χ1) is 27.3. The molecule has 0 spiro atoms. The highest BCUT2D eigenvalue weighted by Gasteiger charge is 2.51. The van der Waals surface area contributed by atoms with Crippen molar-refractivity contribution in [3.8, 4) is 0 Å². The smallest absolute Gasteiger partial charge is 0.392 e. The minimum Gasteiger partial charge on any atom is -0.392 e. The van der Waals surface area contributed by atoms with Crippen LogP contribution in [0.25, 0.3) is 0 Å². The van der Waals surface area contributed by atoms with Crippen molar-refractivity contribution in [2.75, 3.05) is 6.61 Å². The Balaban J connectivity index is 2.47. The lowest BCUT2D eigenvalue weighted by Gasteiger charge is -2.41. The van der Waals surface area contributed by atoms with E-state index in [1.807, 2.05) is 12.2 Å². The monoisotopic (exact) mass is 838 g/mol. The predicted octanol–water partition coefficient (Wildman–Crippen LogP) is 7.03. The third-order valence-electron chi connectivity index (χ3n) is 11.1. The Morgan fingerprint density at radius 3 is 1.47 bits per heavy atom. The zero-order valence-electron chi connectivity index (χ0n) is 35.5. The topological polar surface area (TPSA) is 226 Å². The standard InChI is InChI=1S/C43H84NO12P/c1-3-5-7-9-11-12-13-14-15-16-17-18-19-20-21-22-23-25-27-29-31-36(46)35(44-37(47)32-34(45)30-28-26-24-10-8-6-4-2)33-55-57(53,54)56-43-41(51)39(49)38(48)40(50)42(43)52/h26,28,34-36,38-43,45-46,48-52H,3-25,27,29-33H2,1-2H3,(H,44,47)(H,53,54)/b28-26-. The molecule has 1 rings (SSSR count). The highest BCUT2D eigenvalue weighted by Crippen LogP contribution is 2.47. The van der Waals surface area contributed by atoms with Gasteiger partial charge in [0.2, 0.25) is 5.91 Å². The lowest BCUT2D eigenvalue weighted by molar-refractivity contribution is -0.220. The normalized spacial score (nSPS) is 24.0. The van der Waals surface area contributed by atoms with E-state index in [9.17, 15) is 50.0 Å². The summed E-state index contributed by atoms with van der Waals surface area (Å²) in [6.45, 7) is 3.71. The Morgan fingerprint density at radius 1 is 0.614 bits per heavy atom. The molecule has 1 fully saturated rings. The van der Waals surface area contributed by atoms with Crippen molar-refractivity contribution in [3.63, 3.8) is 0 Å². The van der Waals surface area contributed by atoms with Gasteiger partial charge in [-0.1, -0.05) is 174 Å². The number of hydrogen-bond donors (Lipinski definition) is 9. The molecule has 0 aliphatic heterocycles. The quantitative estimate of drug-likeness (QED) is 0.0175. The van der Waals surface area contributed by atoms with Crippen molar-refractivity contribution in [1.29, 1.82) is 0 Å². The van der Waals surface area contributed by atoms with Gasteiger partial charge in [-0.2, -0.15) is 0 Å². The second-order valence-electron chi connectivity index (χ2n) is 16.4. The number of hydrogen-bond acceptors (Lipinski definition) is 11. The van der Waals surface area contributed by atoms with E-state index in [-0.39, 0.29) is 19.3 Å². The zero-order chi connectivity index (χ0) is 42.3. The summed E-state index contributed by atoms with van der Waals surface area (Å²) in [5, 5.41) is 74.2. The highest BCUT2D eigenvalue weighted by molar-refractivity contribution is 7.47. The molecule has 0 aromatic rings. The van der Waals surface area contributed by atoms with Crippen LogP contribution in [0.3, 0.4) is 0 Å². The molecular formula is C43H84NO12P. The number of phosphoric acid groups is 1. The first-order valence-electron chi connectivity index (χ1n) is 22.7. The number of allylic oxidation sites excluding steroid dienone is 1. The Bertz CT molecular complexity index is 1040. The van der Waals surface area contributed by atoms with Gasteiger partial charge in [-0.05, 0) is 25.7 Å². The van der Waals surface area contributed by atoms with E-state index in [0.717, 1.165) is 51.4 Å². The van der Waals surface area contributed by atoms with Crippen LogP contribution in [-0.4, -0.2) is 108 Å². The first kappa shape index (κ1) is 54.1. The highest BCUT2D eigenvalue weighted by atomic mass is 31.2. The third kappa shape index (κ3) is 26.1. The number of aliphatic hydroxyl groups excluding tert-OH is 7. The summed E-state index contributed by atoms with van der Waals surface area (Å²) in [4.78, 5) is 23.3. The van der Waals surface area contributed by atoms with E-state index in [2.05, 4.69) is 19.2 Å². The molecule has 57 heavy (non-hydrogen) atoms. The molecule has 14 heteroatoms. The summed E-state index contributed by atoms with van der Waals surface area (Å²) in [6.07, 6.45) is 20.3. The minimum atomic E-state index is -5.11. The van der Waals surface area contributed by atoms with E-state index < -0.39 is 75.2 Å². The summed E-state index contributed by atoms with van der Waals surface area (Å²) >= 11 is 0. The molecule has 0 bridgehead atoms. The van der Waals surface area contributed by atoms with Gasteiger partial charge in [-0.25, -0.2) is 4.57 Å². The van der Waals surface area contributed by atoms with Crippen LogP contribution < -0.4 is 5.32 Å². The summed E-state index contributed by atoms with van der Waals surface area (Å²) in [6, 6.07) is -1.16. The molecule has 1 aliphatic rings. The van der Waals surface area contributed by atoms with E-state index in [1.165, 1.54) is 103 Å². The molecule has 8 atom stereocenters. The molecule has 0 aromatic carbocycles. The number of unbranched alkanes of at least 4 members (excludes halogenated alkanes) is 23. The molecule has 8 unspecified atom stereocenters. The van der Waals surface area contributed by atoms with Gasteiger partial charge in [-0.3, -0.25) is 13.8 Å². The molecule has 338 valence electrons. The number of carbonyl (C=O) groups is 1. The van der Waals surface area contributed by atoms with Gasteiger partial charge in [-0.15, -0.1) is 0 Å². The van der Waals surface area contributed by atoms with Crippen LogP contribution in [0.2, 0.25) is 0 Å². The second-order valence-corrected chi connectivity index (χ2v) is 17.9. The summed E-state index contributed by atoms with van der Waals surface area (Å²) in [7, 11) is -5.11. The van der Waals surface area contributed by atoms with E-state index in [1.54, 1.807) is 0 Å². The van der Waals surface area contributed by atoms with Crippen LogP contribution in [0.1, 0.15) is 194 Å². The molecular weight excluding hydrogens is 753 g/mol. The maximum atomic E-state index is 12.9. The largest absolute Gasteiger partial charge is 0.472 e. The van der Waals surface area contributed by atoms with E-state index >= 15 is 0 Å². The Labute approximate surface area is 344 Å². The van der Waals surface area contributed by atoms with Crippen LogP contribution in [0.15, 0.2) is 12.2 Å². The van der Waals surface area contributed by atoms with Crippen molar-refractivity contribution in [1.82, 2.24) is 5.32 Å². The molecule has 9 N–H and O–H groups in total. The number of amides is 1. The van der Waals surface area contributed by atoms with Gasteiger partial charge in [0, 0.05) is 0 Å². The Morgan fingerprint density at radius 2 is 1.02 bits per heavy atom. The van der Waals surface area contributed by atoms with Crippen LogP contribution >= 0.6 is 7.82 Å². The van der Waals surface area contributed by atoms with Crippen LogP contribution in [0.5, 0.6) is 0 Å². The first-order valence-corrected chi connectivity index (χ1v) is 24.2. The number of aliphatic hydroxyl groups is 7. The fourth-order valence-electron chi connectivity index (χ4n) is 7.36. The lowest BCUT2D eigenvalue weighted by Crippen LogP contribution is -2.64. The van der Waals surface area contributed by atoms with Crippen molar-refractivity contribution in [2.24, 2.45) is 0 Å². The third-order valence-corrected chi connectivity index (χ3v) is 12.1. The molecule has 0 heterocycles. The molecule has 1 saturated carbocycles. The van der Waals surface area contributed by atoms with Crippen molar-refractivity contribution < 1.29 is 59.0 Å². The van der Waals surface area contributed by atoms with Gasteiger partial charge in [0.1, 0.15) is 36.6 Å². The van der Waals surface area contributed by atoms with Gasteiger partial charge in [0.15, 0.2) is 0 Å². The zero-order valence-corrected chi connectivity index (χ0v) is 36.4. The van der Waals surface area contributed by atoms with Crippen molar-refractivity contribution in [3.05, 3.63) is 12.2 Å². The predicted molar refractivity (Wildman–Crippen MR) is 224 cm³/mol. The fourth-order valence-corrected chi connectivity index (χ4v) is 8.33. The summed E-state index contributed by atoms with van der Waals surface area (Å²) in [5.41, 5.74) is 0.